The first kappa shape index (κ1) is 23.6. The van der Waals surface area contributed by atoms with Crippen LogP contribution in [0.1, 0.15) is 49.3 Å². The van der Waals surface area contributed by atoms with E-state index in [4.69, 9.17) is 27.9 Å². The number of aliphatic carboxylic acids is 1. The molecular formula is C24H27Cl2NO4. The molecule has 1 aliphatic heterocycles. The number of carboxylic acids is 1. The summed E-state index contributed by atoms with van der Waals surface area (Å²) in [6.07, 6.45) is 0.910. The fraction of sp³-hybridized carbons (Fsp3) is 0.417. The third-order valence-corrected chi connectivity index (χ3v) is 6.44. The lowest BCUT2D eigenvalue weighted by Gasteiger charge is -2.48. The van der Waals surface area contributed by atoms with E-state index in [9.17, 15) is 14.7 Å². The van der Waals surface area contributed by atoms with Gasteiger partial charge in [0.1, 0.15) is 0 Å². The van der Waals surface area contributed by atoms with Crippen molar-refractivity contribution in [2.45, 2.75) is 44.2 Å². The molecule has 2 aromatic rings. The van der Waals surface area contributed by atoms with Crippen LogP contribution in [0, 0.1) is 5.92 Å². The highest BCUT2D eigenvalue weighted by Crippen LogP contribution is 2.47. The summed E-state index contributed by atoms with van der Waals surface area (Å²) < 4.78 is 5.42. The third kappa shape index (κ3) is 5.40. The number of hydrogen-bond donors (Lipinski definition) is 1. The largest absolute Gasteiger partial charge is 0.481 e. The average molecular weight is 464 g/mol. The van der Waals surface area contributed by atoms with Gasteiger partial charge in [-0.25, -0.2) is 0 Å². The molecule has 1 saturated heterocycles. The van der Waals surface area contributed by atoms with Crippen molar-refractivity contribution in [1.82, 2.24) is 4.90 Å². The topological polar surface area (TPSA) is 66.8 Å². The molecule has 5 nitrogen and oxygen atoms in total. The van der Waals surface area contributed by atoms with Crippen molar-refractivity contribution < 1.29 is 19.4 Å². The van der Waals surface area contributed by atoms with Gasteiger partial charge in [0.2, 0.25) is 5.91 Å². The number of rotatable bonds is 8. The fourth-order valence-corrected chi connectivity index (χ4v) is 4.89. The zero-order valence-electron chi connectivity index (χ0n) is 17.6. The summed E-state index contributed by atoms with van der Waals surface area (Å²) in [5, 5.41) is 10.7. The maximum absolute atomic E-state index is 13.6. The summed E-state index contributed by atoms with van der Waals surface area (Å²) in [4.78, 5) is 27.0. The van der Waals surface area contributed by atoms with E-state index in [-0.39, 0.29) is 30.3 Å². The van der Waals surface area contributed by atoms with Gasteiger partial charge < -0.3 is 14.7 Å². The fourth-order valence-electron chi connectivity index (χ4n) is 4.56. The minimum Gasteiger partial charge on any atom is -0.481 e. The normalized spacial score (nSPS) is 22.4. The molecule has 4 atom stereocenters. The lowest BCUT2D eigenvalue weighted by Crippen LogP contribution is -2.53. The molecule has 0 radical (unpaired) electrons. The number of halogens is 2. The number of benzene rings is 2. The molecule has 3 rings (SSSR count). The zero-order chi connectivity index (χ0) is 22.5. The van der Waals surface area contributed by atoms with Gasteiger partial charge in [-0.15, -0.1) is 0 Å². The van der Waals surface area contributed by atoms with Gasteiger partial charge in [0.25, 0.3) is 0 Å². The highest BCUT2D eigenvalue weighted by Gasteiger charge is 2.46. The Labute approximate surface area is 192 Å². The first-order valence-corrected chi connectivity index (χ1v) is 11.1. The minimum atomic E-state index is -0.979. The van der Waals surface area contributed by atoms with Crippen LogP contribution in [0.15, 0.2) is 48.5 Å². The van der Waals surface area contributed by atoms with Gasteiger partial charge in [-0.2, -0.15) is 0 Å². The molecule has 1 heterocycles. The molecule has 1 unspecified atom stereocenters. The second-order valence-corrected chi connectivity index (χ2v) is 8.82. The summed E-state index contributed by atoms with van der Waals surface area (Å²) in [6, 6.07) is 14.6. The van der Waals surface area contributed by atoms with Gasteiger partial charge >= 0.3 is 5.97 Å². The number of methoxy groups -OCH3 is 1. The Morgan fingerprint density at radius 3 is 2.45 bits per heavy atom. The number of hydrogen-bond acceptors (Lipinski definition) is 3. The number of ether oxygens (including phenoxy) is 1. The number of likely N-dealkylation sites (tertiary alicyclic amines) is 1. The first-order valence-electron chi connectivity index (χ1n) is 10.4. The standard InChI is InChI=1S/C24H27Cl2NO4/c1-3-20(14-31-2)27-23(15-7-9-18(25)10-8-15)21(16-5-4-6-19(26)11-16)12-17(24(27)30)13-22(28)29/h4-11,17,20-21,23H,3,12-14H2,1-2H3,(H,28,29)/t17-,20+,21-,23?/m1/s1. The third-order valence-electron chi connectivity index (χ3n) is 5.96. The molecule has 31 heavy (non-hydrogen) atoms. The highest BCUT2D eigenvalue weighted by atomic mass is 35.5. The number of carbonyl (C=O) groups is 2. The van der Waals surface area contributed by atoms with Gasteiger partial charge in [0.05, 0.1) is 25.1 Å². The van der Waals surface area contributed by atoms with Crippen LogP contribution < -0.4 is 0 Å². The van der Waals surface area contributed by atoms with Gasteiger partial charge in [-0.05, 0) is 48.2 Å². The highest BCUT2D eigenvalue weighted by molar-refractivity contribution is 6.30. The van der Waals surface area contributed by atoms with Gasteiger partial charge in [-0.3, -0.25) is 9.59 Å². The SMILES string of the molecule is CC[C@@H](COC)N1C(=O)[C@@H](CC(=O)O)C[C@H](c2cccc(Cl)c2)C1c1ccc(Cl)cc1. The van der Waals surface area contributed by atoms with E-state index in [0.29, 0.717) is 29.5 Å². The Morgan fingerprint density at radius 1 is 1.16 bits per heavy atom. The van der Waals surface area contributed by atoms with E-state index >= 15 is 0 Å². The Balaban J connectivity index is 2.16. The van der Waals surface area contributed by atoms with Crippen molar-refractivity contribution in [2.75, 3.05) is 13.7 Å². The van der Waals surface area contributed by atoms with Crippen LogP contribution >= 0.6 is 23.2 Å². The van der Waals surface area contributed by atoms with Crippen molar-refractivity contribution in [3.63, 3.8) is 0 Å². The molecule has 1 aliphatic rings. The monoisotopic (exact) mass is 463 g/mol. The van der Waals surface area contributed by atoms with E-state index in [1.807, 2.05) is 60.4 Å². The molecule has 1 fully saturated rings. The molecule has 0 spiro atoms. The number of amides is 1. The lowest BCUT2D eigenvalue weighted by molar-refractivity contribution is -0.153. The van der Waals surface area contributed by atoms with E-state index in [1.54, 1.807) is 7.11 Å². The molecule has 0 bridgehead atoms. The van der Waals surface area contributed by atoms with E-state index < -0.39 is 11.9 Å². The van der Waals surface area contributed by atoms with E-state index in [0.717, 1.165) is 11.1 Å². The summed E-state index contributed by atoms with van der Waals surface area (Å²) in [6.45, 7) is 2.37. The molecule has 166 valence electrons. The second-order valence-electron chi connectivity index (χ2n) is 7.95. The summed E-state index contributed by atoms with van der Waals surface area (Å²) in [7, 11) is 1.61. The Bertz CT molecular complexity index is 918. The van der Waals surface area contributed by atoms with Crippen LogP contribution in [0.25, 0.3) is 0 Å². The number of carbonyl (C=O) groups excluding carboxylic acids is 1. The molecule has 1 amide bonds. The van der Waals surface area contributed by atoms with E-state index in [1.165, 1.54) is 0 Å². The van der Waals surface area contributed by atoms with Crippen LogP contribution in [-0.2, 0) is 14.3 Å². The first-order chi connectivity index (χ1) is 14.8. The van der Waals surface area contributed by atoms with Crippen molar-refractivity contribution >= 4 is 35.1 Å². The predicted molar refractivity (Wildman–Crippen MR) is 122 cm³/mol. The molecule has 7 heteroatoms. The average Bonchev–Trinajstić information content (AvgIpc) is 2.74. The van der Waals surface area contributed by atoms with Crippen molar-refractivity contribution in [1.29, 1.82) is 0 Å². The lowest BCUT2D eigenvalue weighted by atomic mass is 9.74. The van der Waals surface area contributed by atoms with Crippen molar-refractivity contribution in [2.24, 2.45) is 5.92 Å². The summed E-state index contributed by atoms with van der Waals surface area (Å²) >= 11 is 12.4. The van der Waals surface area contributed by atoms with Crippen LogP contribution in [0.2, 0.25) is 10.0 Å². The van der Waals surface area contributed by atoms with Crippen LogP contribution in [0.5, 0.6) is 0 Å². The summed E-state index contributed by atoms with van der Waals surface area (Å²) in [5.41, 5.74) is 1.93. The molecule has 0 aromatic heterocycles. The van der Waals surface area contributed by atoms with Crippen LogP contribution in [-0.4, -0.2) is 41.6 Å². The number of carboxylic acid groups (broad SMARTS) is 1. The molecule has 0 saturated carbocycles. The van der Waals surface area contributed by atoms with Crippen molar-refractivity contribution in [3.05, 3.63) is 69.7 Å². The smallest absolute Gasteiger partial charge is 0.304 e. The molecule has 0 aliphatic carbocycles. The van der Waals surface area contributed by atoms with Gasteiger partial charge in [0.15, 0.2) is 0 Å². The maximum Gasteiger partial charge on any atom is 0.304 e. The zero-order valence-corrected chi connectivity index (χ0v) is 19.1. The summed E-state index contributed by atoms with van der Waals surface area (Å²) in [5.74, 6) is -1.86. The van der Waals surface area contributed by atoms with Crippen molar-refractivity contribution in [3.8, 4) is 0 Å². The molecule has 1 N–H and O–H groups in total. The molecule has 2 aromatic carbocycles. The molecular weight excluding hydrogens is 437 g/mol. The van der Waals surface area contributed by atoms with Gasteiger partial charge in [0, 0.05) is 29.0 Å². The second kappa shape index (κ2) is 10.5. The number of nitrogens with zero attached hydrogens (tertiary/aromatic N) is 1. The maximum atomic E-state index is 13.6. The Hall–Kier alpha value is -2.08. The number of piperidine rings is 1. The predicted octanol–water partition coefficient (Wildman–Crippen LogP) is 5.57. The van der Waals surface area contributed by atoms with Crippen LogP contribution in [0.3, 0.4) is 0 Å². The van der Waals surface area contributed by atoms with Crippen LogP contribution in [0.4, 0.5) is 0 Å². The Morgan fingerprint density at radius 2 is 1.87 bits per heavy atom. The van der Waals surface area contributed by atoms with E-state index in [2.05, 4.69) is 0 Å². The quantitative estimate of drug-likeness (QED) is 0.555. The van der Waals surface area contributed by atoms with Gasteiger partial charge in [-0.1, -0.05) is 54.4 Å². The minimum absolute atomic E-state index is 0.118. The Kier molecular flexibility index (Phi) is 7.98.